The fourth-order valence-corrected chi connectivity index (χ4v) is 5.03. The van der Waals surface area contributed by atoms with Crippen molar-refractivity contribution in [1.29, 1.82) is 5.26 Å². The highest BCUT2D eigenvalue weighted by Gasteiger charge is 2.34. The molecule has 2 amide bonds. The van der Waals surface area contributed by atoms with Gasteiger partial charge in [-0.05, 0) is 53.4 Å². The second-order valence-corrected chi connectivity index (χ2v) is 9.87. The number of nitriles is 1. The predicted molar refractivity (Wildman–Crippen MR) is 127 cm³/mol. The summed E-state index contributed by atoms with van der Waals surface area (Å²) in [5, 5.41) is 13.4. The van der Waals surface area contributed by atoms with Crippen molar-refractivity contribution in [3.05, 3.63) is 77.9 Å². The molecule has 1 aliphatic rings. The van der Waals surface area contributed by atoms with Gasteiger partial charge in [0.15, 0.2) is 0 Å². The van der Waals surface area contributed by atoms with E-state index in [2.05, 4.69) is 10.0 Å². The van der Waals surface area contributed by atoms with E-state index in [-0.39, 0.29) is 17.3 Å². The molecule has 3 aromatic rings. The van der Waals surface area contributed by atoms with Gasteiger partial charge in [-0.15, -0.1) is 0 Å². The van der Waals surface area contributed by atoms with Gasteiger partial charge in [0, 0.05) is 13.1 Å². The van der Waals surface area contributed by atoms with Crippen LogP contribution in [0.1, 0.15) is 24.0 Å². The van der Waals surface area contributed by atoms with Gasteiger partial charge in [0.1, 0.15) is 6.04 Å². The number of hydrogen-bond acceptors (Lipinski definition) is 5. The molecular formula is C25H24N4O4S. The number of fused-ring (bicyclic) bond motifs is 1. The lowest BCUT2D eigenvalue weighted by molar-refractivity contribution is -0.137. The summed E-state index contributed by atoms with van der Waals surface area (Å²) in [7, 11) is -3.89. The maximum absolute atomic E-state index is 12.8. The number of benzene rings is 3. The van der Waals surface area contributed by atoms with E-state index < -0.39 is 28.5 Å². The number of carbonyl (C=O) groups is 2. The average Bonchev–Trinajstić information content (AvgIpc) is 3.36. The van der Waals surface area contributed by atoms with Crippen LogP contribution in [0.3, 0.4) is 0 Å². The molecule has 4 rings (SSSR count). The minimum absolute atomic E-state index is 0.0807. The smallest absolute Gasteiger partial charge is 0.243 e. The Morgan fingerprint density at radius 1 is 1.03 bits per heavy atom. The number of rotatable bonds is 7. The molecule has 1 saturated heterocycles. The van der Waals surface area contributed by atoms with Gasteiger partial charge in [0.05, 0.1) is 23.1 Å². The largest absolute Gasteiger partial charge is 0.350 e. The first-order valence-electron chi connectivity index (χ1n) is 10.9. The summed E-state index contributed by atoms with van der Waals surface area (Å²) in [4.78, 5) is 27.0. The Morgan fingerprint density at radius 2 is 1.76 bits per heavy atom. The van der Waals surface area contributed by atoms with Crippen molar-refractivity contribution in [2.45, 2.75) is 30.3 Å². The standard InChI is InChI=1S/C25H24N4O4S/c26-15-18-7-9-19(10-8-18)16-27-25(31)23-6-3-13-29(23)24(30)17-28-34(32,33)22-12-11-20-4-1-2-5-21(20)14-22/h1-2,4-5,7-12,14,23,28H,3,6,13,16-17H2,(H,27,31)/t23-/m0/s1. The highest BCUT2D eigenvalue weighted by Crippen LogP contribution is 2.20. The van der Waals surface area contributed by atoms with E-state index in [1.165, 1.54) is 11.0 Å². The molecule has 8 nitrogen and oxygen atoms in total. The normalized spacial score (nSPS) is 15.7. The van der Waals surface area contributed by atoms with Gasteiger partial charge < -0.3 is 10.2 Å². The lowest BCUT2D eigenvalue weighted by atomic mass is 10.1. The molecule has 34 heavy (non-hydrogen) atoms. The molecule has 3 aromatic carbocycles. The topological polar surface area (TPSA) is 119 Å². The maximum Gasteiger partial charge on any atom is 0.243 e. The number of likely N-dealkylation sites (tertiary alicyclic amines) is 1. The zero-order chi connectivity index (χ0) is 24.1. The van der Waals surface area contributed by atoms with Gasteiger partial charge in [0.2, 0.25) is 21.8 Å². The highest BCUT2D eigenvalue weighted by atomic mass is 32.2. The van der Waals surface area contributed by atoms with E-state index in [1.54, 1.807) is 36.4 Å². The fraction of sp³-hybridized carbons (Fsp3) is 0.240. The van der Waals surface area contributed by atoms with Crippen LogP contribution in [-0.2, 0) is 26.2 Å². The van der Waals surface area contributed by atoms with E-state index >= 15 is 0 Å². The van der Waals surface area contributed by atoms with Crippen molar-refractivity contribution >= 4 is 32.6 Å². The summed E-state index contributed by atoms with van der Waals surface area (Å²) in [5.41, 5.74) is 1.38. The number of amides is 2. The van der Waals surface area contributed by atoms with Crippen LogP contribution in [0, 0.1) is 11.3 Å². The van der Waals surface area contributed by atoms with Crippen molar-refractivity contribution in [2.24, 2.45) is 0 Å². The number of nitrogens with one attached hydrogen (secondary N) is 2. The molecule has 174 valence electrons. The summed E-state index contributed by atoms with van der Waals surface area (Å²) >= 11 is 0. The zero-order valence-electron chi connectivity index (χ0n) is 18.4. The molecule has 0 unspecified atom stereocenters. The summed E-state index contributed by atoms with van der Waals surface area (Å²) < 4.78 is 27.8. The zero-order valence-corrected chi connectivity index (χ0v) is 19.2. The average molecular weight is 477 g/mol. The molecular weight excluding hydrogens is 452 g/mol. The first-order valence-corrected chi connectivity index (χ1v) is 12.4. The minimum atomic E-state index is -3.89. The van der Waals surface area contributed by atoms with E-state index in [4.69, 9.17) is 5.26 Å². The summed E-state index contributed by atoms with van der Waals surface area (Å²) in [6.07, 6.45) is 1.18. The Labute approximate surface area is 198 Å². The SMILES string of the molecule is N#Cc1ccc(CNC(=O)[C@@H]2CCCN2C(=O)CNS(=O)(=O)c2ccc3ccccc3c2)cc1. The molecule has 1 heterocycles. The first kappa shape index (κ1) is 23.4. The third kappa shape index (κ3) is 5.25. The van der Waals surface area contributed by atoms with Crippen LogP contribution in [0.4, 0.5) is 0 Å². The van der Waals surface area contributed by atoms with E-state index in [0.717, 1.165) is 16.3 Å². The van der Waals surface area contributed by atoms with Crippen LogP contribution in [0.2, 0.25) is 0 Å². The lowest BCUT2D eigenvalue weighted by Gasteiger charge is -2.24. The lowest BCUT2D eigenvalue weighted by Crippen LogP contribution is -2.48. The third-order valence-corrected chi connectivity index (χ3v) is 7.27. The summed E-state index contributed by atoms with van der Waals surface area (Å²) in [5.74, 6) is -0.729. The van der Waals surface area contributed by atoms with Crippen molar-refractivity contribution in [2.75, 3.05) is 13.1 Å². The number of carbonyl (C=O) groups excluding carboxylic acids is 2. The van der Waals surface area contributed by atoms with Crippen molar-refractivity contribution in [3.8, 4) is 6.07 Å². The molecule has 0 saturated carbocycles. The van der Waals surface area contributed by atoms with E-state index in [9.17, 15) is 18.0 Å². The molecule has 9 heteroatoms. The number of sulfonamides is 1. The Morgan fingerprint density at radius 3 is 2.50 bits per heavy atom. The number of nitrogens with zero attached hydrogens (tertiary/aromatic N) is 2. The summed E-state index contributed by atoms with van der Waals surface area (Å²) in [6, 6.07) is 20.5. The van der Waals surface area contributed by atoms with E-state index in [0.29, 0.717) is 24.9 Å². The van der Waals surface area contributed by atoms with Crippen LogP contribution in [0.15, 0.2) is 71.6 Å². The predicted octanol–water partition coefficient (Wildman–Crippen LogP) is 2.30. The van der Waals surface area contributed by atoms with Crippen molar-refractivity contribution in [3.63, 3.8) is 0 Å². The molecule has 1 fully saturated rings. The van der Waals surface area contributed by atoms with Gasteiger partial charge in [-0.1, -0.05) is 42.5 Å². The summed E-state index contributed by atoms with van der Waals surface area (Å²) in [6.45, 7) is 0.248. The minimum Gasteiger partial charge on any atom is -0.350 e. The Balaban J connectivity index is 1.35. The molecule has 0 bridgehead atoms. The Bertz CT molecular complexity index is 1360. The monoisotopic (exact) mass is 476 g/mol. The van der Waals surface area contributed by atoms with Crippen LogP contribution < -0.4 is 10.0 Å². The fourth-order valence-electron chi connectivity index (χ4n) is 4.02. The van der Waals surface area contributed by atoms with Crippen LogP contribution in [-0.4, -0.2) is 44.3 Å². The first-order chi connectivity index (χ1) is 16.4. The second kappa shape index (κ2) is 10.0. The molecule has 0 aromatic heterocycles. The molecule has 2 N–H and O–H groups in total. The quantitative estimate of drug-likeness (QED) is 0.542. The molecule has 0 radical (unpaired) electrons. The van der Waals surface area contributed by atoms with Gasteiger partial charge >= 0.3 is 0 Å². The van der Waals surface area contributed by atoms with Crippen molar-refractivity contribution < 1.29 is 18.0 Å². The van der Waals surface area contributed by atoms with Crippen molar-refractivity contribution in [1.82, 2.24) is 14.9 Å². The molecule has 1 atom stereocenters. The second-order valence-electron chi connectivity index (χ2n) is 8.11. The highest BCUT2D eigenvalue weighted by molar-refractivity contribution is 7.89. The van der Waals surface area contributed by atoms with Gasteiger partial charge in [-0.2, -0.15) is 5.26 Å². The third-order valence-electron chi connectivity index (χ3n) is 5.87. The van der Waals surface area contributed by atoms with E-state index in [1.807, 2.05) is 30.3 Å². The Hall–Kier alpha value is -3.74. The Kier molecular flexibility index (Phi) is 6.91. The maximum atomic E-state index is 12.8. The molecule has 0 aliphatic carbocycles. The molecule has 0 spiro atoms. The van der Waals surface area contributed by atoms with Crippen LogP contribution in [0.5, 0.6) is 0 Å². The van der Waals surface area contributed by atoms with Gasteiger partial charge in [0.25, 0.3) is 0 Å². The molecule has 1 aliphatic heterocycles. The van der Waals surface area contributed by atoms with Crippen LogP contribution in [0.25, 0.3) is 10.8 Å². The van der Waals surface area contributed by atoms with Crippen LogP contribution >= 0.6 is 0 Å². The number of hydrogen-bond donors (Lipinski definition) is 2. The van der Waals surface area contributed by atoms with Gasteiger partial charge in [-0.25, -0.2) is 13.1 Å². The van der Waals surface area contributed by atoms with Gasteiger partial charge in [-0.3, -0.25) is 9.59 Å².